The second kappa shape index (κ2) is 7.24. The van der Waals surface area contributed by atoms with Gasteiger partial charge in [-0.25, -0.2) is 0 Å². The van der Waals surface area contributed by atoms with Crippen molar-refractivity contribution in [1.29, 1.82) is 5.26 Å². The van der Waals surface area contributed by atoms with Gasteiger partial charge in [-0.3, -0.25) is 4.79 Å². The molecule has 112 valence electrons. The van der Waals surface area contributed by atoms with E-state index in [2.05, 4.69) is 11.4 Å². The molecule has 0 unspecified atom stereocenters. The number of hydrogen-bond acceptors (Lipinski definition) is 3. The third-order valence-corrected chi connectivity index (χ3v) is 4.10. The maximum absolute atomic E-state index is 12.6. The molecule has 0 bridgehead atoms. The Morgan fingerprint density at radius 3 is 2.67 bits per heavy atom. The lowest BCUT2D eigenvalue weighted by Gasteiger charge is -2.23. The molecule has 1 aromatic carbocycles. The first-order valence-electron chi connectivity index (χ1n) is 7.51. The molecule has 1 N–H and O–H groups in total. The van der Waals surface area contributed by atoms with E-state index in [1.165, 1.54) is 0 Å². The minimum atomic E-state index is -0.867. The SMILES string of the molecule is COCc1cccc(NC(=O)C2(C#N)CCCCCC2)c1. The summed E-state index contributed by atoms with van der Waals surface area (Å²) in [7, 11) is 1.64. The fourth-order valence-corrected chi connectivity index (χ4v) is 2.88. The van der Waals surface area contributed by atoms with Gasteiger partial charge in [0.25, 0.3) is 0 Å². The van der Waals surface area contributed by atoms with Crippen LogP contribution in [0.2, 0.25) is 0 Å². The van der Waals surface area contributed by atoms with Gasteiger partial charge in [-0.1, -0.05) is 37.8 Å². The number of carbonyl (C=O) groups is 1. The van der Waals surface area contributed by atoms with Crippen molar-refractivity contribution in [3.05, 3.63) is 29.8 Å². The molecule has 1 aliphatic carbocycles. The van der Waals surface area contributed by atoms with Crippen molar-refractivity contribution >= 4 is 11.6 Å². The minimum absolute atomic E-state index is 0.165. The van der Waals surface area contributed by atoms with E-state index in [9.17, 15) is 10.1 Å². The van der Waals surface area contributed by atoms with Crippen LogP contribution in [0.5, 0.6) is 0 Å². The third-order valence-electron chi connectivity index (χ3n) is 4.10. The predicted molar refractivity (Wildman–Crippen MR) is 81.5 cm³/mol. The van der Waals surface area contributed by atoms with E-state index < -0.39 is 5.41 Å². The Hall–Kier alpha value is -1.86. The summed E-state index contributed by atoms with van der Waals surface area (Å²) >= 11 is 0. The van der Waals surface area contributed by atoms with Crippen molar-refractivity contribution in [1.82, 2.24) is 0 Å². The molecule has 1 aromatic rings. The minimum Gasteiger partial charge on any atom is -0.380 e. The molecule has 0 aliphatic heterocycles. The van der Waals surface area contributed by atoms with E-state index in [1.807, 2.05) is 24.3 Å². The number of ether oxygens (including phenoxy) is 1. The van der Waals surface area contributed by atoms with Crippen LogP contribution in [0, 0.1) is 16.7 Å². The summed E-state index contributed by atoms with van der Waals surface area (Å²) in [6.45, 7) is 0.507. The van der Waals surface area contributed by atoms with Crippen molar-refractivity contribution in [3.63, 3.8) is 0 Å². The summed E-state index contributed by atoms with van der Waals surface area (Å²) < 4.78 is 5.10. The Labute approximate surface area is 126 Å². The second-order valence-corrected chi connectivity index (χ2v) is 5.70. The van der Waals surface area contributed by atoms with Crippen molar-refractivity contribution in [2.45, 2.75) is 45.1 Å². The van der Waals surface area contributed by atoms with Gasteiger partial charge in [-0.2, -0.15) is 5.26 Å². The van der Waals surface area contributed by atoms with E-state index in [4.69, 9.17) is 4.74 Å². The number of nitriles is 1. The number of nitrogens with zero attached hydrogens (tertiary/aromatic N) is 1. The molecule has 0 atom stereocenters. The number of methoxy groups -OCH3 is 1. The zero-order valence-electron chi connectivity index (χ0n) is 12.5. The Balaban J connectivity index is 2.12. The molecule has 0 spiro atoms. The largest absolute Gasteiger partial charge is 0.380 e. The van der Waals surface area contributed by atoms with Crippen LogP contribution in [0.3, 0.4) is 0 Å². The molecule has 0 heterocycles. The Kier molecular flexibility index (Phi) is 5.35. The van der Waals surface area contributed by atoms with Crippen molar-refractivity contribution in [2.24, 2.45) is 5.41 Å². The molecule has 4 heteroatoms. The van der Waals surface area contributed by atoms with Crippen molar-refractivity contribution in [2.75, 3.05) is 12.4 Å². The third kappa shape index (κ3) is 3.83. The smallest absolute Gasteiger partial charge is 0.244 e. The molecule has 0 radical (unpaired) electrons. The van der Waals surface area contributed by atoms with E-state index in [0.717, 1.165) is 36.9 Å². The highest BCUT2D eigenvalue weighted by atomic mass is 16.5. The summed E-state index contributed by atoms with van der Waals surface area (Å²) in [6, 6.07) is 9.85. The predicted octanol–water partition coefficient (Wildman–Crippen LogP) is 3.64. The molecule has 21 heavy (non-hydrogen) atoms. The van der Waals surface area contributed by atoms with Crippen molar-refractivity contribution < 1.29 is 9.53 Å². The zero-order chi connectivity index (χ0) is 15.1. The maximum Gasteiger partial charge on any atom is 0.244 e. The van der Waals surface area contributed by atoms with Gasteiger partial charge in [0.15, 0.2) is 0 Å². The number of anilines is 1. The molecular formula is C17H22N2O2. The van der Waals surface area contributed by atoms with Crippen LogP contribution in [0.4, 0.5) is 5.69 Å². The van der Waals surface area contributed by atoms with Crippen LogP contribution in [-0.4, -0.2) is 13.0 Å². The summed E-state index contributed by atoms with van der Waals surface area (Å²) in [5, 5.41) is 12.4. The maximum atomic E-state index is 12.6. The number of benzene rings is 1. The fraction of sp³-hybridized carbons (Fsp3) is 0.529. The molecule has 4 nitrogen and oxygen atoms in total. The zero-order valence-corrected chi connectivity index (χ0v) is 12.5. The number of hydrogen-bond donors (Lipinski definition) is 1. The molecule has 1 fully saturated rings. The van der Waals surface area contributed by atoms with Gasteiger partial charge in [-0.05, 0) is 30.5 Å². The summed E-state index contributed by atoms with van der Waals surface area (Å²) in [6.07, 6.45) is 5.44. The molecule has 1 amide bonds. The molecule has 2 rings (SSSR count). The number of nitrogens with one attached hydrogen (secondary N) is 1. The first-order valence-corrected chi connectivity index (χ1v) is 7.51. The highest BCUT2D eigenvalue weighted by Gasteiger charge is 2.38. The van der Waals surface area contributed by atoms with Crippen LogP contribution in [0.15, 0.2) is 24.3 Å². The van der Waals surface area contributed by atoms with E-state index >= 15 is 0 Å². The van der Waals surface area contributed by atoms with Gasteiger partial charge < -0.3 is 10.1 Å². The normalized spacial score (nSPS) is 17.5. The Morgan fingerprint density at radius 1 is 1.33 bits per heavy atom. The van der Waals surface area contributed by atoms with Crippen LogP contribution in [0.25, 0.3) is 0 Å². The quantitative estimate of drug-likeness (QED) is 0.860. The van der Waals surface area contributed by atoms with Crippen LogP contribution >= 0.6 is 0 Å². The average molecular weight is 286 g/mol. The standard InChI is InChI=1S/C17H22N2O2/c1-21-12-14-7-6-8-15(11-14)19-16(20)17(13-18)9-4-2-3-5-10-17/h6-8,11H,2-5,9-10,12H2,1H3,(H,19,20). The monoisotopic (exact) mass is 286 g/mol. The van der Waals surface area contributed by atoms with Crippen LogP contribution in [0.1, 0.15) is 44.1 Å². The van der Waals surface area contributed by atoms with E-state index in [-0.39, 0.29) is 5.91 Å². The number of carbonyl (C=O) groups excluding carboxylic acids is 1. The lowest BCUT2D eigenvalue weighted by Crippen LogP contribution is -2.34. The highest BCUT2D eigenvalue weighted by Crippen LogP contribution is 2.35. The molecular weight excluding hydrogens is 264 g/mol. The van der Waals surface area contributed by atoms with Crippen LogP contribution < -0.4 is 5.32 Å². The lowest BCUT2D eigenvalue weighted by molar-refractivity contribution is -0.123. The Morgan fingerprint density at radius 2 is 2.05 bits per heavy atom. The van der Waals surface area contributed by atoms with E-state index in [1.54, 1.807) is 7.11 Å². The number of amides is 1. The Bertz CT molecular complexity index is 526. The van der Waals surface area contributed by atoms with Gasteiger partial charge in [0, 0.05) is 12.8 Å². The van der Waals surface area contributed by atoms with Gasteiger partial charge >= 0.3 is 0 Å². The molecule has 1 aliphatic rings. The van der Waals surface area contributed by atoms with Crippen molar-refractivity contribution in [3.8, 4) is 6.07 Å². The second-order valence-electron chi connectivity index (χ2n) is 5.70. The van der Waals surface area contributed by atoms with Gasteiger partial charge in [0.05, 0.1) is 12.7 Å². The van der Waals surface area contributed by atoms with Gasteiger partial charge in [0.1, 0.15) is 5.41 Å². The van der Waals surface area contributed by atoms with Crippen LogP contribution in [-0.2, 0) is 16.1 Å². The summed E-state index contributed by atoms with van der Waals surface area (Å²) in [5.41, 5.74) is 0.865. The number of rotatable bonds is 4. The van der Waals surface area contributed by atoms with Gasteiger partial charge in [-0.15, -0.1) is 0 Å². The first-order chi connectivity index (χ1) is 10.2. The lowest BCUT2D eigenvalue weighted by atomic mass is 9.81. The average Bonchev–Trinajstić information content (AvgIpc) is 2.74. The molecule has 0 saturated heterocycles. The fourth-order valence-electron chi connectivity index (χ4n) is 2.88. The summed E-state index contributed by atoms with van der Waals surface area (Å²) in [4.78, 5) is 12.6. The summed E-state index contributed by atoms with van der Waals surface area (Å²) in [5.74, 6) is -0.165. The molecule has 0 aromatic heterocycles. The highest BCUT2D eigenvalue weighted by molar-refractivity contribution is 5.97. The molecule has 1 saturated carbocycles. The van der Waals surface area contributed by atoms with E-state index in [0.29, 0.717) is 19.4 Å². The topological polar surface area (TPSA) is 62.1 Å². The first kappa shape index (κ1) is 15.5. The van der Waals surface area contributed by atoms with Gasteiger partial charge in [0.2, 0.25) is 5.91 Å².